The number of ketones is 1. The van der Waals surface area contributed by atoms with E-state index in [1.807, 2.05) is 30.3 Å². The molecule has 164 valence electrons. The largest absolute Gasteiger partial charge is 0.494 e. The Hall–Kier alpha value is -2.22. The molecule has 2 saturated heterocycles. The first-order valence-corrected chi connectivity index (χ1v) is 12.5. The average molecular weight is 441 g/mol. The number of hydrogen-bond donors (Lipinski definition) is 0. The van der Waals surface area contributed by atoms with Crippen molar-refractivity contribution >= 4 is 15.8 Å². The normalized spacial score (nSPS) is 23.9. The minimum atomic E-state index is -3.41. The summed E-state index contributed by atoms with van der Waals surface area (Å²) in [7, 11) is -3.41. The molecule has 0 N–H and O–H groups in total. The first kappa shape index (κ1) is 20.7. The third-order valence-corrected chi connectivity index (χ3v) is 8.53. The van der Waals surface area contributed by atoms with E-state index >= 15 is 0 Å². The first-order valence-electron chi connectivity index (χ1n) is 11.1. The Kier molecular flexibility index (Phi) is 5.58. The molecule has 0 amide bonds. The molecule has 2 bridgehead atoms. The third-order valence-electron chi connectivity index (χ3n) is 6.60. The summed E-state index contributed by atoms with van der Waals surface area (Å²) in [6, 6.07) is 16.5. The van der Waals surface area contributed by atoms with Gasteiger partial charge in [-0.15, -0.1) is 0 Å². The summed E-state index contributed by atoms with van der Waals surface area (Å²) >= 11 is 0. The zero-order valence-corrected chi connectivity index (χ0v) is 18.3. The van der Waals surface area contributed by atoms with Crippen LogP contribution < -0.4 is 4.74 Å². The second-order valence-corrected chi connectivity index (χ2v) is 10.7. The Morgan fingerprint density at radius 1 is 0.968 bits per heavy atom. The van der Waals surface area contributed by atoms with Crippen molar-refractivity contribution in [3.05, 3.63) is 60.2 Å². The lowest BCUT2D eigenvalue weighted by Crippen LogP contribution is -2.48. The Balaban J connectivity index is 1.08. The van der Waals surface area contributed by atoms with E-state index in [0.29, 0.717) is 18.0 Å². The molecule has 0 spiro atoms. The van der Waals surface area contributed by atoms with Crippen molar-refractivity contribution in [2.24, 2.45) is 5.92 Å². The molecule has 6 nitrogen and oxygen atoms in total. The maximum Gasteiger partial charge on any atom is 0.243 e. The summed E-state index contributed by atoms with van der Waals surface area (Å²) in [5, 5.41) is 0. The Morgan fingerprint density at radius 3 is 2.35 bits per heavy atom. The summed E-state index contributed by atoms with van der Waals surface area (Å²) in [5.41, 5.74) is 0.776. The lowest BCUT2D eigenvalue weighted by atomic mass is 10.1. The van der Waals surface area contributed by atoms with Gasteiger partial charge >= 0.3 is 0 Å². The van der Waals surface area contributed by atoms with E-state index in [4.69, 9.17) is 4.74 Å². The van der Waals surface area contributed by atoms with Gasteiger partial charge in [-0.05, 0) is 62.1 Å². The van der Waals surface area contributed by atoms with Crippen molar-refractivity contribution in [3.63, 3.8) is 0 Å². The van der Waals surface area contributed by atoms with Gasteiger partial charge in [0.25, 0.3) is 0 Å². The van der Waals surface area contributed by atoms with Crippen molar-refractivity contribution in [2.45, 2.75) is 42.7 Å². The second kappa shape index (κ2) is 8.37. The van der Waals surface area contributed by atoms with Gasteiger partial charge in [0.1, 0.15) is 5.75 Å². The maximum absolute atomic E-state index is 12.9. The molecule has 1 aliphatic carbocycles. The van der Waals surface area contributed by atoms with Crippen molar-refractivity contribution in [1.29, 1.82) is 0 Å². The van der Waals surface area contributed by atoms with E-state index in [-0.39, 0.29) is 23.8 Å². The smallest absolute Gasteiger partial charge is 0.243 e. The highest BCUT2D eigenvalue weighted by atomic mass is 32.2. The van der Waals surface area contributed by atoms with Crippen LogP contribution >= 0.6 is 0 Å². The summed E-state index contributed by atoms with van der Waals surface area (Å²) in [6.45, 7) is 2.86. The van der Waals surface area contributed by atoms with E-state index in [9.17, 15) is 13.2 Å². The number of Topliss-reactive ketones (excluding diaryl/α,β-unsaturated/α-hetero) is 1. The van der Waals surface area contributed by atoms with Crippen LogP contribution in [-0.4, -0.2) is 61.7 Å². The Morgan fingerprint density at radius 2 is 1.71 bits per heavy atom. The monoisotopic (exact) mass is 440 g/mol. The van der Waals surface area contributed by atoms with E-state index in [0.717, 1.165) is 50.1 Å². The van der Waals surface area contributed by atoms with E-state index in [1.54, 1.807) is 28.6 Å². The molecular formula is C24H28N2O4S. The number of nitrogens with zero attached hydrogens (tertiary/aromatic N) is 2. The van der Waals surface area contributed by atoms with Crippen molar-refractivity contribution in [3.8, 4) is 5.75 Å². The number of carbonyl (C=O) groups excluding carboxylic acids is 1. The van der Waals surface area contributed by atoms with E-state index < -0.39 is 10.0 Å². The Labute approximate surface area is 183 Å². The van der Waals surface area contributed by atoms with Crippen LogP contribution in [0.25, 0.3) is 0 Å². The quantitative estimate of drug-likeness (QED) is 0.443. The fraction of sp³-hybridized carbons (Fsp3) is 0.458. The molecule has 1 saturated carbocycles. The van der Waals surface area contributed by atoms with Crippen LogP contribution in [0.3, 0.4) is 0 Å². The minimum Gasteiger partial charge on any atom is -0.494 e. The van der Waals surface area contributed by atoms with Crippen LogP contribution in [0, 0.1) is 5.92 Å². The molecule has 5 rings (SSSR count). The summed E-state index contributed by atoms with van der Waals surface area (Å²) in [6.07, 6.45) is 3.83. The molecule has 0 aromatic heterocycles. The number of carbonyl (C=O) groups is 1. The van der Waals surface area contributed by atoms with Gasteiger partial charge in [-0.25, -0.2) is 8.42 Å². The molecule has 2 heterocycles. The van der Waals surface area contributed by atoms with E-state index in [2.05, 4.69) is 4.90 Å². The number of benzene rings is 2. The highest BCUT2D eigenvalue weighted by Crippen LogP contribution is 2.35. The van der Waals surface area contributed by atoms with Crippen molar-refractivity contribution < 1.29 is 17.9 Å². The molecule has 31 heavy (non-hydrogen) atoms. The van der Waals surface area contributed by atoms with Crippen LogP contribution in [0.2, 0.25) is 0 Å². The zero-order valence-electron chi connectivity index (χ0n) is 17.5. The number of hydrogen-bond acceptors (Lipinski definition) is 5. The van der Waals surface area contributed by atoms with Gasteiger partial charge in [0.05, 0.1) is 11.5 Å². The van der Waals surface area contributed by atoms with E-state index in [1.165, 1.54) is 0 Å². The molecule has 2 aromatic carbocycles. The third kappa shape index (κ3) is 4.27. The number of likely N-dealkylation sites (tertiary alicyclic amines) is 1. The van der Waals surface area contributed by atoms with Gasteiger partial charge < -0.3 is 4.74 Å². The summed E-state index contributed by atoms with van der Waals surface area (Å²) < 4.78 is 33.4. The minimum absolute atomic E-state index is 0.0627. The number of sulfonamides is 1. The van der Waals surface area contributed by atoms with Gasteiger partial charge in [-0.2, -0.15) is 4.31 Å². The fourth-order valence-electron chi connectivity index (χ4n) is 4.76. The predicted molar refractivity (Wildman–Crippen MR) is 118 cm³/mol. The van der Waals surface area contributed by atoms with Gasteiger partial charge in [0.2, 0.25) is 10.0 Å². The molecule has 3 fully saturated rings. The summed E-state index contributed by atoms with van der Waals surface area (Å²) in [4.78, 5) is 14.8. The van der Waals surface area contributed by atoms with Crippen LogP contribution in [0.1, 0.15) is 36.0 Å². The van der Waals surface area contributed by atoms with Gasteiger partial charge in [0, 0.05) is 43.2 Å². The number of piperazine rings is 1. The lowest BCUT2D eigenvalue weighted by molar-refractivity contribution is 0.0967. The Bertz CT molecular complexity index is 1040. The topological polar surface area (TPSA) is 66.9 Å². The molecular weight excluding hydrogens is 412 g/mol. The van der Waals surface area contributed by atoms with Crippen molar-refractivity contribution in [2.75, 3.05) is 26.2 Å². The number of fused-ring (bicyclic) bond motifs is 2. The zero-order chi connectivity index (χ0) is 21.4. The van der Waals surface area contributed by atoms with Gasteiger partial charge in [0.15, 0.2) is 5.78 Å². The van der Waals surface area contributed by atoms with Crippen molar-refractivity contribution in [1.82, 2.24) is 9.21 Å². The maximum atomic E-state index is 12.9. The van der Waals surface area contributed by atoms with Crippen LogP contribution in [0.15, 0.2) is 59.5 Å². The van der Waals surface area contributed by atoms with Crippen LogP contribution in [0.4, 0.5) is 0 Å². The molecule has 2 aliphatic heterocycles. The highest BCUT2D eigenvalue weighted by Gasteiger charge is 2.47. The van der Waals surface area contributed by atoms with Crippen LogP contribution in [0.5, 0.6) is 5.75 Å². The molecule has 2 aromatic rings. The average Bonchev–Trinajstić information content (AvgIpc) is 3.46. The van der Waals surface area contributed by atoms with Crippen LogP contribution in [-0.2, 0) is 10.0 Å². The first-order chi connectivity index (χ1) is 15.0. The fourth-order valence-corrected chi connectivity index (χ4v) is 6.45. The number of rotatable bonds is 9. The molecule has 7 heteroatoms. The lowest BCUT2D eigenvalue weighted by Gasteiger charge is -2.33. The van der Waals surface area contributed by atoms with Gasteiger partial charge in [-0.3, -0.25) is 9.69 Å². The second-order valence-electron chi connectivity index (χ2n) is 8.79. The molecule has 0 radical (unpaired) electrons. The SMILES string of the molecule is O=C(c1ccc(OCCCN2C[C@@H]3C[C@H]2CN3S(=O)(=O)c2ccccc2)cc1)C1CC1. The number of ether oxygens (including phenoxy) is 1. The molecule has 0 unspecified atom stereocenters. The van der Waals surface area contributed by atoms with Gasteiger partial charge in [-0.1, -0.05) is 18.2 Å². The summed E-state index contributed by atoms with van der Waals surface area (Å²) in [5.74, 6) is 1.27. The standard InChI is InChI=1S/C24H28N2O4S/c27-24(18-7-8-18)19-9-11-22(12-10-19)30-14-4-13-25-16-21-15-20(25)17-26(21)31(28,29)23-5-2-1-3-6-23/h1-3,5-6,9-12,18,20-21H,4,7-8,13-17H2/t20-,21-/m0/s1. The highest BCUT2D eigenvalue weighted by molar-refractivity contribution is 7.89. The molecule has 3 aliphatic rings. The predicted octanol–water partition coefficient (Wildman–Crippen LogP) is 3.20. The molecule has 2 atom stereocenters.